The molecule has 7 nitrogen and oxygen atoms in total. The van der Waals surface area contributed by atoms with Crippen LogP contribution in [0.4, 0.5) is 8.78 Å². The summed E-state index contributed by atoms with van der Waals surface area (Å²) in [7, 11) is 0. The quantitative estimate of drug-likeness (QED) is 0.538. The van der Waals surface area contributed by atoms with Gasteiger partial charge >= 0.3 is 0 Å². The van der Waals surface area contributed by atoms with Gasteiger partial charge in [0.2, 0.25) is 23.1 Å². The van der Waals surface area contributed by atoms with Gasteiger partial charge in [-0.25, -0.2) is 18.0 Å². The molecule has 1 amide bonds. The van der Waals surface area contributed by atoms with E-state index in [-0.39, 0.29) is 31.1 Å². The third-order valence-electron chi connectivity index (χ3n) is 5.19. The molecule has 1 aromatic carbocycles. The lowest BCUT2D eigenvalue weighted by Crippen LogP contribution is -2.35. The van der Waals surface area contributed by atoms with Crippen LogP contribution in [0.2, 0.25) is 0 Å². The number of carbonyl (C=O) groups is 1. The molecule has 1 unspecified atom stereocenters. The summed E-state index contributed by atoms with van der Waals surface area (Å²) in [6.45, 7) is -0.438. The topological polar surface area (TPSA) is 106 Å². The van der Waals surface area contributed by atoms with Gasteiger partial charge in [0, 0.05) is 23.9 Å². The molecule has 0 spiro atoms. The number of aromatic nitrogens is 1. The third kappa shape index (κ3) is 6.28. The van der Waals surface area contributed by atoms with E-state index in [2.05, 4.69) is 4.98 Å². The maximum absolute atomic E-state index is 14.7. The number of ether oxygens (including phenoxy) is 1. The molecular weight excluding hydrogens is 428 g/mol. The van der Waals surface area contributed by atoms with Crippen molar-refractivity contribution >= 4 is 17.2 Å². The molecule has 3 N–H and O–H groups in total. The number of halogens is 2. The van der Waals surface area contributed by atoms with Gasteiger partial charge in [0.15, 0.2) is 0 Å². The second-order valence-electron chi connectivity index (χ2n) is 7.46. The van der Waals surface area contributed by atoms with Crippen molar-refractivity contribution in [1.29, 1.82) is 0 Å². The van der Waals surface area contributed by atoms with Crippen molar-refractivity contribution in [2.24, 2.45) is 5.73 Å². The first kappa shape index (κ1) is 23.2. The van der Waals surface area contributed by atoms with Crippen LogP contribution >= 0.6 is 0 Å². The normalized spacial score (nSPS) is 15.4. The molecule has 1 heterocycles. The van der Waals surface area contributed by atoms with E-state index in [1.165, 1.54) is 12.1 Å². The van der Waals surface area contributed by atoms with Crippen molar-refractivity contribution in [3.8, 4) is 17.0 Å². The van der Waals surface area contributed by atoms with Gasteiger partial charge in [0.05, 0.1) is 6.54 Å². The highest BCUT2D eigenvalue weighted by atomic mass is 32.2. The van der Waals surface area contributed by atoms with E-state index in [0.29, 0.717) is 17.0 Å². The second-order valence-corrected chi connectivity index (χ2v) is 8.44. The summed E-state index contributed by atoms with van der Waals surface area (Å²) < 4.78 is 56.8. The van der Waals surface area contributed by atoms with Crippen molar-refractivity contribution in [2.45, 2.75) is 44.6 Å². The van der Waals surface area contributed by atoms with Crippen molar-refractivity contribution in [3.63, 3.8) is 0 Å². The van der Waals surface area contributed by atoms with E-state index in [1.54, 1.807) is 18.3 Å². The van der Waals surface area contributed by atoms with Gasteiger partial charge < -0.3 is 10.5 Å². The molecule has 31 heavy (non-hydrogen) atoms. The molecule has 2 aromatic rings. The van der Waals surface area contributed by atoms with Crippen LogP contribution in [-0.4, -0.2) is 43.2 Å². The van der Waals surface area contributed by atoms with Crippen LogP contribution in [0.1, 0.15) is 37.7 Å². The first-order valence-corrected chi connectivity index (χ1v) is 11.2. The highest BCUT2D eigenvalue weighted by Crippen LogP contribution is 2.33. The Balaban J connectivity index is 1.74. The number of nitrogens with two attached hydrogens (primary N) is 1. The van der Waals surface area contributed by atoms with Gasteiger partial charge in [-0.3, -0.25) is 9.35 Å². The summed E-state index contributed by atoms with van der Waals surface area (Å²) >= 11 is -2.40. The van der Waals surface area contributed by atoms with Gasteiger partial charge in [-0.05, 0) is 68.4 Å². The molecule has 1 aliphatic carbocycles. The molecular formula is C21H25F2N3O4S. The minimum atomic E-state index is -2.40. The SMILES string of the molecule is NC(=O)CN(CCCc1c(F)cc(-c2cccnc2OC2CCCC2)cc1F)S(=O)O. The molecule has 1 saturated carbocycles. The fourth-order valence-electron chi connectivity index (χ4n) is 3.68. The summed E-state index contributed by atoms with van der Waals surface area (Å²) in [4.78, 5) is 15.2. The Morgan fingerprint density at radius 1 is 1.29 bits per heavy atom. The molecule has 1 aliphatic rings. The Morgan fingerprint density at radius 2 is 1.97 bits per heavy atom. The molecule has 0 radical (unpaired) electrons. The smallest absolute Gasteiger partial charge is 0.234 e. The Labute approximate surface area is 182 Å². The van der Waals surface area contributed by atoms with Crippen LogP contribution in [0.3, 0.4) is 0 Å². The van der Waals surface area contributed by atoms with Crippen LogP contribution in [0.15, 0.2) is 30.5 Å². The van der Waals surface area contributed by atoms with Crippen molar-refractivity contribution < 1.29 is 27.1 Å². The van der Waals surface area contributed by atoms with Gasteiger partial charge in [0.25, 0.3) is 0 Å². The van der Waals surface area contributed by atoms with E-state index >= 15 is 0 Å². The first-order valence-electron chi connectivity index (χ1n) is 10.1. The maximum Gasteiger partial charge on any atom is 0.234 e. The van der Waals surface area contributed by atoms with E-state index in [9.17, 15) is 22.3 Å². The molecule has 0 aliphatic heterocycles. The zero-order valence-corrected chi connectivity index (χ0v) is 17.7. The van der Waals surface area contributed by atoms with Crippen molar-refractivity contribution in [3.05, 3.63) is 47.7 Å². The second kappa shape index (κ2) is 10.7. The van der Waals surface area contributed by atoms with E-state index < -0.39 is 35.4 Å². The standard InChI is InChI=1S/C21H25F2N3O4S/c22-18-11-14(16-7-3-9-25-21(16)30-15-5-1-2-6-15)12-19(23)17(18)8-4-10-26(31(28)29)13-20(24)27/h3,7,9,11-12,15H,1-2,4-6,8,10,13H2,(H2,24,27)(H,28,29). The Morgan fingerprint density at radius 3 is 2.58 bits per heavy atom. The van der Waals surface area contributed by atoms with E-state index in [1.807, 2.05) is 0 Å². The summed E-state index contributed by atoms with van der Waals surface area (Å²) in [6, 6.07) is 5.87. The number of rotatable bonds is 10. The third-order valence-corrected chi connectivity index (χ3v) is 5.94. The van der Waals surface area contributed by atoms with Gasteiger partial charge in [0.1, 0.15) is 17.7 Å². The Bertz CT molecular complexity index is 931. The zero-order chi connectivity index (χ0) is 22.4. The molecule has 1 aromatic heterocycles. The minimum absolute atomic E-state index is 0.0110. The van der Waals surface area contributed by atoms with Crippen LogP contribution in [0, 0.1) is 11.6 Å². The maximum atomic E-state index is 14.7. The molecule has 1 fully saturated rings. The highest BCUT2D eigenvalue weighted by Gasteiger charge is 2.21. The van der Waals surface area contributed by atoms with Crippen LogP contribution in [-0.2, 0) is 22.5 Å². The Hall–Kier alpha value is -2.43. The summed E-state index contributed by atoms with van der Waals surface area (Å²) in [5, 5.41) is 0. The lowest BCUT2D eigenvalue weighted by atomic mass is 10.0. The number of nitrogens with zero attached hydrogens (tertiary/aromatic N) is 2. The van der Waals surface area contributed by atoms with Crippen LogP contribution < -0.4 is 10.5 Å². The fourth-order valence-corrected chi connectivity index (χ4v) is 4.21. The minimum Gasteiger partial charge on any atom is -0.474 e. The molecule has 168 valence electrons. The number of primary amides is 1. The first-order chi connectivity index (χ1) is 14.8. The number of hydrogen-bond donors (Lipinski definition) is 2. The zero-order valence-electron chi connectivity index (χ0n) is 16.9. The number of pyridine rings is 1. The average molecular weight is 454 g/mol. The van der Waals surface area contributed by atoms with Gasteiger partial charge in [-0.15, -0.1) is 0 Å². The molecule has 10 heteroatoms. The molecule has 0 bridgehead atoms. The molecule has 0 saturated heterocycles. The molecule has 3 rings (SSSR count). The number of hydrogen-bond acceptors (Lipinski definition) is 4. The largest absolute Gasteiger partial charge is 0.474 e. The van der Waals surface area contributed by atoms with Crippen molar-refractivity contribution in [2.75, 3.05) is 13.1 Å². The van der Waals surface area contributed by atoms with Crippen molar-refractivity contribution in [1.82, 2.24) is 9.29 Å². The highest BCUT2D eigenvalue weighted by molar-refractivity contribution is 7.76. The van der Waals surface area contributed by atoms with Gasteiger partial charge in [-0.1, -0.05) is 0 Å². The lowest BCUT2D eigenvalue weighted by molar-refractivity contribution is -0.118. The van der Waals surface area contributed by atoms with Crippen LogP contribution in [0.5, 0.6) is 5.88 Å². The Kier molecular flexibility index (Phi) is 8.05. The summed E-state index contributed by atoms with van der Waals surface area (Å²) in [6.07, 6.45) is 5.84. The lowest BCUT2D eigenvalue weighted by Gasteiger charge is -2.17. The molecule has 1 atom stereocenters. The summed E-state index contributed by atoms with van der Waals surface area (Å²) in [5.74, 6) is -1.86. The fraction of sp³-hybridized carbons (Fsp3) is 0.429. The number of amides is 1. The predicted molar refractivity (Wildman–Crippen MR) is 112 cm³/mol. The predicted octanol–water partition coefficient (Wildman–Crippen LogP) is 3.20. The average Bonchev–Trinajstić information content (AvgIpc) is 3.22. The number of benzene rings is 1. The van der Waals surface area contributed by atoms with Crippen LogP contribution in [0.25, 0.3) is 11.1 Å². The van der Waals surface area contributed by atoms with E-state index in [4.69, 9.17) is 10.5 Å². The monoisotopic (exact) mass is 453 g/mol. The van der Waals surface area contributed by atoms with Gasteiger partial charge in [-0.2, -0.15) is 4.31 Å². The van der Waals surface area contributed by atoms with E-state index in [0.717, 1.165) is 30.0 Å². The summed E-state index contributed by atoms with van der Waals surface area (Å²) in [5.41, 5.74) is 5.75. The number of carbonyl (C=O) groups excluding carboxylic acids is 1.